The molecule has 0 fully saturated rings. The van der Waals surface area contributed by atoms with E-state index in [1.54, 1.807) is 31.2 Å². The van der Waals surface area contributed by atoms with Gasteiger partial charge in [-0.25, -0.2) is 14.4 Å². The number of hydrogen-bond donors (Lipinski definition) is 5. The Labute approximate surface area is 293 Å². The highest BCUT2D eigenvalue weighted by atomic mass is 16.6. The van der Waals surface area contributed by atoms with Crippen molar-refractivity contribution in [1.29, 1.82) is 0 Å². The average Bonchev–Trinajstić information content (AvgIpc) is 3.06. The molecule has 1 aromatic rings. The fraction of sp³-hybridized carbons (Fsp3) is 0.568. The number of carbonyl (C=O) groups excluding carboxylic acids is 3. The topological polar surface area (TPSA) is 214 Å². The summed E-state index contributed by atoms with van der Waals surface area (Å²) in [5, 5.41) is 41.5. The number of aliphatic hydroxyl groups is 1. The van der Waals surface area contributed by atoms with Crippen LogP contribution in [0, 0.1) is 17.8 Å². The molecule has 0 heterocycles. The van der Waals surface area contributed by atoms with Crippen LogP contribution in [0.2, 0.25) is 0 Å². The molecule has 1 rings (SSSR count). The van der Waals surface area contributed by atoms with E-state index >= 15 is 0 Å². The molecule has 0 saturated heterocycles. The van der Waals surface area contributed by atoms with Crippen LogP contribution >= 0.6 is 0 Å². The van der Waals surface area contributed by atoms with Crippen LogP contribution in [-0.2, 0) is 39.9 Å². The predicted octanol–water partition coefficient (Wildman–Crippen LogP) is 4.48. The molecule has 0 spiro atoms. The van der Waals surface area contributed by atoms with Crippen molar-refractivity contribution in [1.82, 2.24) is 5.32 Å². The van der Waals surface area contributed by atoms with Gasteiger partial charge in [0, 0.05) is 19.3 Å². The number of carbonyl (C=O) groups is 6. The van der Waals surface area contributed by atoms with E-state index in [-0.39, 0.29) is 18.8 Å². The SMILES string of the molecule is CC#CCOc1ccc(C[C@H](NC(=O)[C@@H](/C=C/CCCCCCC(=O)CCCCCCC)[C@@](O)(CC(=O)O)C(=O)O)C(=O)OCC(=O)O)cc1. The highest BCUT2D eigenvalue weighted by Gasteiger charge is 2.49. The van der Waals surface area contributed by atoms with Crippen molar-refractivity contribution in [3.05, 3.63) is 42.0 Å². The smallest absolute Gasteiger partial charge is 0.341 e. The first-order chi connectivity index (χ1) is 23.8. The van der Waals surface area contributed by atoms with Gasteiger partial charge >= 0.3 is 23.9 Å². The maximum Gasteiger partial charge on any atom is 0.341 e. The largest absolute Gasteiger partial charge is 0.481 e. The molecular formula is C37H51NO12. The summed E-state index contributed by atoms with van der Waals surface area (Å²) in [6.07, 6.45) is 10.8. The average molecular weight is 702 g/mol. The molecular weight excluding hydrogens is 650 g/mol. The van der Waals surface area contributed by atoms with Crippen molar-refractivity contribution < 1.29 is 58.7 Å². The molecule has 276 valence electrons. The van der Waals surface area contributed by atoms with E-state index < -0.39 is 60.4 Å². The second-order valence-electron chi connectivity index (χ2n) is 12.0. The molecule has 1 amide bonds. The van der Waals surface area contributed by atoms with Gasteiger partial charge in [-0.1, -0.05) is 75.7 Å². The van der Waals surface area contributed by atoms with Crippen LogP contribution in [0.4, 0.5) is 0 Å². The fourth-order valence-electron chi connectivity index (χ4n) is 5.07. The molecule has 0 aliphatic heterocycles. The van der Waals surface area contributed by atoms with E-state index in [1.807, 2.05) is 0 Å². The molecule has 0 unspecified atom stereocenters. The Hall–Kier alpha value is -4.70. The van der Waals surface area contributed by atoms with Crippen molar-refractivity contribution in [2.75, 3.05) is 13.2 Å². The number of esters is 1. The number of carboxylic acid groups (broad SMARTS) is 3. The number of allylic oxidation sites excluding steroid dienone is 1. The highest BCUT2D eigenvalue weighted by molar-refractivity contribution is 5.95. The molecule has 0 aromatic heterocycles. The summed E-state index contributed by atoms with van der Waals surface area (Å²) in [6, 6.07) is 4.81. The third kappa shape index (κ3) is 17.6. The van der Waals surface area contributed by atoms with E-state index in [4.69, 9.17) is 14.6 Å². The molecule has 50 heavy (non-hydrogen) atoms. The minimum atomic E-state index is -3.08. The van der Waals surface area contributed by atoms with E-state index in [0.29, 0.717) is 37.0 Å². The maximum absolute atomic E-state index is 13.5. The Morgan fingerprint density at radius 2 is 1.50 bits per heavy atom. The first-order valence-electron chi connectivity index (χ1n) is 17.0. The summed E-state index contributed by atoms with van der Waals surface area (Å²) in [5.41, 5.74) is -2.60. The van der Waals surface area contributed by atoms with Crippen molar-refractivity contribution in [2.24, 2.45) is 5.92 Å². The quantitative estimate of drug-likeness (QED) is 0.0372. The summed E-state index contributed by atoms with van der Waals surface area (Å²) >= 11 is 0. The number of benzene rings is 1. The number of carboxylic acids is 3. The number of unbranched alkanes of at least 4 members (excludes halogenated alkanes) is 8. The second-order valence-corrected chi connectivity index (χ2v) is 12.0. The van der Waals surface area contributed by atoms with Gasteiger partial charge in [-0.2, -0.15) is 0 Å². The Morgan fingerprint density at radius 1 is 0.880 bits per heavy atom. The molecule has 0 bridgehead atoms. The minimum Gasteiger partial charge on any atom is -0.481 e. The maximum atomic E-state index is 13.5. The van der Waals surface area contributed by atoms with Gasteiger partial charge in [-0.15, -0.1) is 5.92 Å². The number of nitrogens with one attached hydrogen (secondary N) is 1. The molecule has 0 saturated carbocycles. The van der Waals surface area contributed by atoms with Gasteiger partial charge in [-0.3, -0.25) is 14.4 Å². The Balaban J connectivity index is 3.01. The number of ketones is 1. The van der Waals surface area contributed by atoms with Crippen molar-refractivity contribution in [3.63, 3.8) is 0 Å². The summed E-state index contributed by atoms with van der Waals surface area (Å²) in [7, 11) is 0. The van der Waals surface area contributed by atoms with Crippen LogP contribution in [0.3, 0.4) is 0 Å². The molecule has 13 nitrogen and oxygen atoms in total. The molecule has 0 aliphatic carbocycles. The normalized spacial score (nSPS) is 13.3. The summed E-state index contributed by atoms with van der Waals surface area (Å²) in [6.45, 7) is 2.94. The monoisotopic (exact) mass is 701 g/mol. The minimum absolute atomic E-state index is 0.147. The van der Waals surface area contributed by atoms with Gasteiger partial charge in [0.2, 0.25) is 5.91 Å². The van der Waals surface area contributed by atoms with Crippen LogP contribution in [-0.4, -0.2) is 80.9 Å². The lowest BCUT2D eigenvalue weighted by atomic mass is 9.82. The number of aliphatic carboxylic acids is 3. The van der Waals surface area contributed by atoms with Gasteiger partial charge in [0.1, 0.15) is 24.2 Å². The zero-order valence-electron chi connectivity index (χ0n) is 29.0. The lowest BCUT2D eigenvalue weighted by Crippen LogP contribution is -2.55. The van der Waals surface area contributed by atoms with Crippen molar-refractivity contribution in [3.8, 4) is 17.6 Å². The Morgan fingerprint density at radius 3 is 2.06 bits per heavy atom. The molecule has 0 aliphatic rings. The van der Waals surface area contributed by atoms with Crippen molar-refractivity contribution >= 4 is 35.6 Å². The first-order valence-corrected chi connectivity index (χ1v) is 17.0. The molecule has 13 heteroatoms. The first kappa shape index (κ1) is 43.3. The summed E-state index contributed by atoms with van der Waals surface area (Å²) in [4.78, 5) is 73.3. The Bertz CT molecular complexity index is 1340. The zero-order chi connectivity index (χ0) is 37.4. The molecule has 3 atom stereocenters. The van der Waals surface area contributed by atoms with E-state index in [0.717, 1.165) is 51.0 Å². The molecule has 1 aromatic carbocycles. The van der Waals surface area contributed by atoms with Crippen LogP contribution in [0.25, 0.3) is 0 Å². The number of hydrogen-bond acceptors (Lipinski definition) is 9. The number of rotatable bonds is 27. The molecule has 5 N–H and O–H groups in total. The van der Waals surface area contributed by atoms with Gasteiger partial charge < -0.3 is 35.2 Å². The lowest BCUT2D eigenvalue weighted by molar-refractivity contribution is -0.172. The Kier molecular flexibility index (Phi) is 21.2. The van der Waals surface area contributed by atoms with E-state index in [1.165, 1.54) is 12.5 Å². The third-order valence-electron chi connectivity index (χ3n) is 7.84. The fourth-order valence-corrected chi connectivity index (χ4v) is 5.07. The summed E-state index contributed by atoms with van der Waals surface area (Å²) < 4.78 is 10.3. The number of amides is 1. The van der Waals surface area contributed by atoms with Crippen LogP contribution in [0.5, 0.6) is 5.75 Å². The van der Waals surface area contributed by atoms with Crippen LogP contribution < -0.4 is 10.1 Å². The standard InChI is InChI=1S/C37H51NO12/c1-3-5-7-10-13-16-28(39)17-14-11-8-9-12-15-18-30(37(48,36(46)47)25-32(40)41)34(44)38-31(35(45)50-26-33(42)43)24-27-19-21-29(22-20-27)49-23-6-4-2/h15,18-22,30-31,48H,3,5,7-14,16-17,23-26H2,1-2H3,(H,38,44)(H,40,41)(H,42,43)(H,46,47)/b18-15+/t30-,31+,37+/m1/s1. The zero-order valence-corrected chi connectivity index (χ0v) is 29.0. The van der Waals surface area contributed by atoms with E-state index in [9.17, 15) is 44.1 Å². The van der Waals surface area contributed by atoms with Crippen molar-refractivity contribution in [2.45, 2.75) is 115 Å². The predicted molar refractivity (Wildman–Crippen MR) is 183 cm³/mol. The lowest BCUT2D eigenvalue weighted by Gasteiger charge is -2.29. The molecule has 0 radical (unpaired) electrons. The van der Waals surface area contributed by atoms with Crippen LogP contribution in [0.1, 0.15) is 103 Å². The number of Topliss-reactive ketones (excluding diaryl/α,β-unsaturated/α-hetero) is 1. The third-order valence-corrected chi connectivity index (χ3v) is 7.84. The number of ether oxygens (including phenoxy) is 2. The highest BCUT2D eigenvalue weighted by Crippen LogP contribution is 2.26. The van der Waals surface area contributed by atoms with Gasteiger partial charge in [-0.05, 0) is 50.3 Å². The summed E-state index contributed by atoms with van der Waals surface area (Å²) in [5.74, 6) is -3.22. The van der Waals surface area contributed by atoms with Crippen LogP contribution in [0.15, 0.2) is 36.4 Å². The van der Waals surface area contributed by atoms with E-state index in [2.05, 4.69) is 24.1 Å². The van der Waals surface area contributed by atoms with Gasteiger partial charge in [0.05, 0.1) is 12.3 Å². The van der Waals surface area contributed by atoms with Gasteiger partial charge in [0.25, 0.3) is 0 Å². The second kappa shape index (κ2) is 24.4. The van der Waals surface area contributed by atoms with Gasteiger partial charge in [0.15, 0.2) is 12.2 Å².